The van der Waals surface area contributed by atoms with Crippen LogP contribution in [0.1, 0.15) is 9.67 Å². The van der Waals surface area contributed by atoms with Crippen LogP contribution in [-0.4, -0.2) is 19.3 Å². The van der Waals surface area contributed by atoms with E-state index in [1.807, 2.05) is 0 Å². The Hall–Kier alpha value is -2.51. The number of rotatable bonds is 4. The van der Waals surface area contributed by atoms with E-state index in [0.29, 0.717) is 10.7 Å². The van der Waals surface area contributed by atoms with Crippen LogP contribution in [0.3, 0.4) is 0 Å². The fourth-order valence-electron chi connectivity index (χ4n) is 1.92. The number of carbonyl (C=O) groups excluding carboxylic acids is 1. The molecule has 0 aliphatic rings. The zero-order valence-corrected chi connectivity index (χ0v) is 13.5. The zero-order valence-electron chi connectivity index (χ0n) is 11.8. The van der Waals surface area contributed by atoms with Gasteiger partial charge in [-0.05, 0) is 36.4 Å². The van der Waals surface area contributed by atoms with Crippen molar-refractivity contribution in [3.63, 3.8) is 0 Å². The van der Waals surface area contributed by atoms with Gasteiger partial charge < -0.3 is 5.32 Å². The third-order valence-corrected chi connectivity index (χ3v) is 6.38. The normalized spacial score (nSPS) is 11.1. The standard InChI is InChI=1S/C16H12N2O3S2/c19-16(18-14-8-4-5-11-17-14)13-9-10-15(22-13)23(20,21)12-6-2-1-3-7-12/h1-11H,(H,17,18,19). The molecule has 3 rings (SSSR count). The summed E-state index contributed by atoms with van der Waals surface area (Å²) in [5.74, 6) is 0.0292. The predicted octanol–water partition coefficient (Wildman–Crippen LogP) is 3.23. The first-order chi connectivity index (χ1) is 11.1. The fourth-order valence-corrected chi connectivity index (χ4v) is 4.54. The molecule has 0 atom stereocenters. The van der Waals surface area contributed by atoms with E-state index in [4.69, 9.17) is 0 Å². The molecule has 7 heteroatoms. The predicted molar refractivity (Wildman–Crippen MR) is 88.4 cm³/mol. The topological polar surface area (TPSA) is 76.1 Å². The van der Waals surface area contributed by atoms with Gasteiger partial charge in [-0.15, -0.1) is 11.3 Å². The lowest BCUT2D eigenvalue weighted by molar-refractivity contribution is 0.103. The summed E-state index contributed by atoms with van der Waals surface area (Å²) in [5.41, 5.74) is 0. The Kier molecular flexibility index (Phi) is 4.22. The van der Waals surface area contributed by atoms with Gasteiger partial charge in [-0.25, -0.2) is 13.4 Å². The van der Waals surface area contributed by atoms with Gasteiger partial charge in [0.1, 0.15) is 10.0 Å². The molecule has 23 heavy (non-hydrogen) atoms. The highest BCUT2D eigenvalue weighted by Crippen LogP contribution is 2.28. The number of carbonyl (C=O) groups is 1. The van der Waals surface area contributed by atoms with Crippen molar-refractivity contribution in [2.45, 2.75) is 9.10 Å². The Morgan fingerprint density at radius 1 is 0.957 bits per heavy atom. The average Bonchev–Trinajstić information content (AvgIpc) is 3.07. The van der Waals surface area contributed by atoms with E-state index in [1.165, 1.54) is 24.3 Å². The van der Waals surface area contributed by atoms with Crippen molar-refractivity contribution in [3.05, 3.63) is 71.7 Å². The van der Waals surface area contributed by atoms with Gasteiger partial charge in [0.05, 0.1) is 9.77 Å². The highest BCUT2D eigenvalue weighted by Gasteiger charge is 2.21. The maximum Gasteiger partial charge on any atom is 0.266 e. The molecule has 0 saturated heterocycles. The van der Waals surface area contributed by atoms with E-state index in [2.05, 4.69) is 10.3 Å². The smallest absolute Gasteiger partial charge is 0.266 e. The van der Waals surface area contributed by atoms with Gasteiger partial charge in [-0.1, -0.05) is 24.3 Å². The van der Waals surface area contributed by atoms with Crippen LogP contribution >= 0.6 is 11.3 Å². The second-order valence-electron chi connectivity index (χ2n) is 4.60. The molecule has 2 aromatic heterocycles. The van der Waals surface area contributed by atoms with E-state index < -0.39 is 9.84 Å². The molecular formula is C16H12N2O3S2. The number of sulfone groups is 1. The molecule has 116 valence electrons. The minimum absolute atomic E-state index is 0.134. The van der Waals surface area contributed by atoms with Crippen LogP contribution in [0, 0.1) is 0 Å². The van der Waals surface area contributed by atoms with Gasteiger partial charge in [0.15, 0.2) is 0 Å². The molecule has 5 nitrogen and oxygen atoms in total. The van der Waals surface area contributed by atoms with Crippen molar-refractivity contribution in [2.75, 3.05) is 5.32 Å². The highest BCUT2D eigenvalue weighted by molar-refractivity contribution is 7.93. The van der Waals surface area contributed by atoms with Crippen molar-refractivity contribution in [1.82, 2.24) is 4.98 Å². The largest absolute Gasteiger partial charge is 0.306 e. The van der Waals surface area contributed by atoms with Crippen molar-refractivity contribution >= 4 is 32.9 Å². The molecule has 0 unspecified atom stereocenters. The number of hydrogen-bond donors (Lipinski definition) is 1. The Morgan fingerprint density at radius 3 is 2.39 bits per heavy atom. The number of amides is 1. The SMILES string of the molecule is O=C(Nc1ccccn1)c1ccc(S(=O)(=O)c2ccccc2)s1. The number of nitrogens with one attached hydrogen (secondary N) is 1. The summed E-state index contributed by atoms with van der Waals surface area (Å²) in [7, 11) is -3.60. The summed E-state index contributed by atoms with van der Waals surface area (Å²) < 4.78 is 25.1. The maximum absolute atomic E-state index is 12.5. The minimum atomic E-state index is -3.60. The molecule has 0 fully saturated rings. The molecule has 3 aromatic rings. The molecule has 1 amide bonds. The van der Waals surface area contributed by atoms with E-state index in [1.54, 1.807) is 42.6 Å². The van der Waals surface area contributed by atoms with Crippen LogP contribution in [0.5, 0.6) is 0 Å². The molecule has 1 aromatic carbocycles. The Morgan fingerprint density at radius 2 is 1.70 bits per heavy atom. The van der Waals surface area contributed by atoms with Gasteiger partial charge in [-0.2, -0.15) is 0 Å². The van der Waals surface area contributed by atoms with Gasteiger partial charge >= 0.3 is 0 Å². The Balaban J connectivity index is 1.85. The molecule has 0 radical (unpaired) electrons. The maximum atomic E-state index is 12.5. The number of nitrogens with zero attached hydrogens (tertiary/aromatic N) is 1. The van der Waals surface area contributed by atoms with E-state index in [0.717, 1.165) is 11.3 Å². The first-order valence-corrected chi connectivity index (χ1v) is 9.00. The molecular weight excluding hydrogens is 332 g/mol. The summed E-state index contributed by atoms with van der Waals surface area (Å²) in [6, 6.07) is 16.2. The Labute approximate surface area is 137 Å². The molecule has 0 saturated carbocycles. The van der Waals surface area contributed by atoms with Crippen molar-refractivity contribution in [3.8, 4) is 0 Å². The van der Waals surface area contributed by atoms with Gasteiger partial charge in [0, 0.05) is 6.20 Å². The van der Waals surface area contributed by atoms with Crippen LogP contribution in [0.2, 0.25) is 0 Å². The summed E-state index contributed by atoms with van der Waals surface area (Å²) in [5, 5.41) is 2.63. The molecule has 0 aliphatic heterocycles. The quantitative estimate of drug-likeness (QED) is 0.788. The lowest BCUT2D eigenvalue weighted by Gasteiger charge is -2.02. The number of thiophene rings is 1. The van der Waals surface area contributed by atoms with Crippen LogP contribution in [0.25, 0.3) is 0 Å². The second kappa shape index (κ2) is 6.31. The minimum Gasteiger partial charge on any atom is -0.306 e. The molecule has 2 heterocycles. The molecule has 0 spiro atoms. The second-order valence-corrected chi connectivity index (χ2v) is 7.86. The number of aromatic nitrogens is 1. The van der Waals surface area contributed by atoms with E-state index in [-0.39, 0.29) is 15.0 Å². The number of anilines is 1. The van der Waals surface area contributed by atoms with Crippen LogP contribution in [0.4, 0.5) is 5.82 Å². The first-order valence-electron chi connectivity index (χ1n) is 6.70. The fraction of sp³-hybridized carbons (Fsp3) is 0. The van der Waals surface area contributed by atoms with Gasteiger partial charge in [0.2, 0.25) is 9.84 Å². The van der Waals surface area contributed by atoms with Crippen LogP contribution < -0.4 is 5.32 Å². The third-order valence-electron chi connectivity index (χ3n) is 3.03. The Bertz CT molecular complexity index is 920. The van der Waals surface area contributed by atoms with Gasteiger partial charge in [0.25, 0.3) is 5.91 Å². The average molecular weight is 344 g/mol. The lowest BCUT2D eigenvalue weighted by Crippen LogP contribution is -2.10. The monoisotopic (exact) mass is 344 g/mol. The summed E-state index contributed by atoms with van der Waals surface area (Å²) in [4.78, 5) is 16.7. The van der Waals surface area contributed by atoms with Crippen LogP contribution in [-0.2, 0) is 9.84 Å². The molecule has 0 bridgehead atoms. The first kappa shape index (κ1) is 15.4. The number of pyridine rings is 1. The summed E-state index contributed by atoms with van der Waals surface area (Å²) in [6.07, 6.45) is 1.56. The van der Waals surface area contributed by atoms with Crippen LogP contribution in [0.15, 0.2) is 76.0 Å². The van der Waals surface area contributed by atoms with Crippen molar-refractivity contribution in [2.24, 2.45) is 0 Å². The number of hydrogen-bond acceptors (Lipinski definition) is 5. The van der Waals surface area contributed by atoms with Crippen molar-refractivity contribution in [1.29, 1.82) is 0 Å². The number of benzene rings is 1. The highest BCUT2D eigenvalue weighted by atomic mass is 32.2. The van der Waals surface area contributed by atoms with Crippen molar-refractivity contribution < 1.29 is 13.2 Å². The van der Waals surface area contributed by atoms with E-state index >= 15 is 0 Å². The third kappa shape index (κ3) is 3.30. The zero-order chi connectivity index (χ0) is 16.3. The summed E-state index contributed by atoms with van der Waals surface area (Å²) >= 11 is 0.934. The van der Waals surface area contributed by atoms with E-state index in [9.17, 15) is 13.2 Å². The molecule has 0 aliphatic carbocycles. The van der Waals surface area contributed by atoms with Gasteiger partial charge in [-0.3, -0.25) is 4.79 Å². The molecule has 1 N–H and O–H groups in total. The summed E-state index contributed by atoms with van der Waals surface area (Å²) in [6.45, 7) is 0. The lowest BCUT2D eigenvalue weighted by atomic mass is 10.4.